The van der Waals surface area contributed by atoms with E-state index in [1.165, 1.54) is 18.2 Å². The number of nitrogens with one attached hydrogen (secondary N) is 1. The van der Waals surface area contributed by atoms with Gasteiger partial charge in [-0.05, 0) is 43.2 Å². The van der Waals surface area contributed by atoms with Crippen molar-refractivity contribution >= 4 is 11.6 Å². The number of nitrogens with zero attached hydrogens (tertiary/aromatic N) is 3. The summed E-state index contributed by atoms with van der Waals surface area (Å²) in [5, 5.41) is 3.34. The van der Waals surface area contributed by atoms with Crippen LogP contribution in [0.4, 0.5) is 14.5 Å². The van der Waals surface area contributed by atoms with Crippen LogP contribution in [0.25, 0.3) is 0 Å². The smallest absolute Gasteiger partial charge is 0.194 e. The van der Waals surface area contributed by atoms with Crippen molar-refractivity contribution in [2.24, 2.45) is 4.99 Å². The van der Waals surface area contributed by atoms with E-state index < -0.39 is 0 Å². The van der Waals surface area contributed by atoms with Crippen LogP contribution in [0.3, 0.4) is 0 Å². The van der Waals surface area contributed by atoms with Gasteiger partial charge in [-0.1, -0.05) is 12.1 Å². The van der Waals surface area contributed by atoms with Gasteiger partial charge >= 0.3 is 0 Å². The minimum atomic E-state index is -0.289. The molecule has 1 fully saturated rings. The molecule has 0 spiro atoms. The number of fused-ring (bicyclic) bond motifs is 1. The first kappa shape index (κ1) is 21.4. The minimum absolute atomic E-state index is 0.184. The summed E-state index contributed by atoms with van der Waals surface area (Å²) in [6, 6.07) is 9.85. The number of hydrogen-bond donors (Lipinski definition) is 1. The number of benzene rings is 2. The highest BCUT2D eigenvalue weighted by molar-refractivity contribution is 5.80. The van der Waals surface area contributed by atoms with Crippen molar-refractivity contribution < 1.29 is 18.3 Å². The molecule has 6 nitrogen and oxygen atoms in total. The molecule has 2 aromatic carbocycles. The molecule has 0 bridgehead atoms. The van der Waals surface area contributed by atoms with Gasteiger partial charge in [0.25, 0.3) is 0 Å². The topological polar surface area (TPSA) is 49.3 Å². The SMILES string of the molecule is CCNC(=NCCc1cc(F)cc2c1OCOC2)N1CCN(c2ccccc2F)CC1. The number of halogens is 2. The second-order valence-corrected chi connectivity index (χ2v) is 7.57. The lowest BCUT2D eigenvalue weighted by molar-refractivity contribution is -0.0172. The van der Waals surface area contributed by atoms with E-state index in [1.807, 2.05) is 19.1 Å². The predicted octanol–water partition coefficient (Wildman–Crippen LogP) is 3.16. The molecule has 2 aliphatic rings. The van der Waals surface area contributed by atoms with Crippen molar-refractivity contribution in [2.45, 2.75) is 20.0 Å². The minimum Gasteiger partial charge on any atom is -0.467 e. The summed E-state index contributed by atoms with van der Waals surface area (Å²) in [5.74, 6) is 1.06. The van der Waals surface area contributed by atoms with Crippen LogP contribution in [0.1, 0.15) is 18.1 Å². The first-order valence-corrected chi connectivity index (χ1v) is 10.7. The number of hydrogen-bond acceptors (Lipinski definition) is 4. The first-order valence-electron chi connectivity index (χ1n) is 10.7. The number of para-hydroxylation sites is 1. The molecule has 2 heterocycles. The van der Waals surface area contributed by atoms with Gasteiger partial charge in [0.2, 0.25) is 0 Å². The van der Waals surface area contributed by atoms with Gasteiger partial charge in [-0.15, -0.1) is 0 Å². The molecule has 0 aliphatic carbocycles. The van der Waals surface area contributed by atoms with Crippen LogP contribution in [0.15, 0.2) is 41.4 Å². The molecule has 1 N–H and O–H groups in total. The summed E-state index contributed by atoms with van der Waals surface area (Å²) >= 11 is 0. The Kier molecular flexibility index (Phi) is 6.86. The lowest BCUT2D eigenvalue weighted by Crippen LogP contribution is -2.52. The number of anilines is 1. The molecule has 2 aliphatic heterocycles. The molecule has 0 amide bonds. The third-order valence-electron chi connectivity index (χ3n) is 5.50. The monoisotopic (exact) mass is 430 g/mol. The van der Waals surface area contributed by atoms with Crippen LogP contribution < -0.4 is 15.0 Å². The summed E-state index contributed by atoms with van der Waals surface area (Å²) < 4.78 is 38.9. The van der Waals surface area contributed by atoms with Gasteiger partial charge in [0.05, 0.1) is 12.3 Å². The fourth-order valence-corrected chi connectivity index (χ4v) is 4.02. The Balaban J connectivity index is 1.39. The Labute approximate surface area is 181 Å². The normalized spacial score (nSPS) is 16.7. The number of aliphatic imine (C=N–C) groups is 1. The Morgan fingerprint density at radius 3 is 2.71 bits per heavy atom. The number of piperazine rings is 1. The predicted molar refractivity (Wildman–Crippen MR) is 117 cm³/mol. The second kappa shape index (κ2) is 9.96. The molecule has 0 radical (unpaired) electrons. The number of rotatable bonds is 5. The summed E-state index contributed by atoms with van der Waals surface area (Å²) in [4.78, 5) is 9.01. The summed E-state index contributed by atoms with van der Waals surface area (Å²) in [7, 11) is 0. The largest absolute Gasteiger partial charge is 0.467 e. The van der Waals surface area contributed by atoms with Gasteiger partial charge in [-0.25, -0.2) is 8.78 Å². The molecule has 31 heavy (non-hydrogen) atoms. The average Bonchev–Trinajstić information content (AvgIpc) is 2.79. The van der Waals surface area contributed by atoms with E-state index >= 15 is 0 Å². The van der Waals surface area contributed by atoms with Gasteiger partial charge in [0.15, 0.2) is 12.8 Å². The zero-order valence-electron chi connectivity index (χ0n) is 17.7. The van der Waals surface area contributed by atoms with E-state index in [9.17, 15) is 8.78 Å². The van der Waals surface area contributed by atoms with Crippen molar-refractivity contribution in [1.29, 1.82) is 0 Å². The van der Waals surface area contributed by atoms with Crippen LogP contribution in [0.2, 0.25) is 0 Å². The summed E-state index contributed by atoms with van der Waals surface area (Å²) in [5.41, 5.74) is 2.19. The number of guanidine groups is 1. The zero-order chi connectivity index (χ0) is 21.6. The standard InChI is InChI=1S/C23H28F2N4O2/c1-2-26-23(29-11-9-28(10-12-29)21-6-4-3-5-20(21)25)27-8-7-17-13-19(24)14-18-15-30-16-31-22(17)18/h3-6,13-14H,2,7-12,15-16H2,1H3,(H,26,27). The van der Waals surface area contributed by atoms with E-state index in [4.69, 9.17) is 14.5 Å². The molecule has 1 saturated heterocycles. The summed E-state index contributed by atoms with van der Waals surface area (Å²) in [6.45, 7) is 6.77. The maximum Gasteiger partial charge on any atom is 0.194 e. The molecule has 8 heteroatoms. The molecule has 0 aromatic heterocycles. The van der Waals surface area contributed by atoms with Gasteiger partial charge in [0, 0.05) is 44.8 Å². The fraction of sp³-hybridized carbons (Fsp3) is 0.435. The van der Waals surface area contributed by atoms with E-state index in [0.29, 0.717) is 31.0 Å². The van der Waals surface area contributed by atoms with Crippen LogP contribution in [-0.2, 0) is 17.8 Å². The highest BCUT2D eigenvalue weighted by Crippen LogP contribution is 2.29. The molecule has 166 valence electrons. The molecular weight excluding hydrogens is 402 g/mol. The quantitative estimate of drug-likeness (QED) is 0.583. The molecular formula is C23H28F2N4O2. The molecule has 0 unspecified atom stereocenters. The second-order valence-electron chi connectivity index (χ2n) is 7.57. The Hall–Kier alpha value is -2.87. The Morgan fingerprint density at radius 1 is 1.13 bits per heavy atom. The van der Waals surface area contributed by atoms with Crippen LogP contribution >= 0.6 is 0 Å². The third kappa shape index (κ3) is 5.07. The van der Waals surface area contributed by atoms with Gasteiger partial charge < -0.3 is 24.6 Å². The molecule has 4 rings (SSSR count). The van der Waals surface area contributed by atoms with Crippen LogP contribution in [0, 0.1) is 11.6 Å². The number of ether oxygens (including phenoxy) is 2. The van der Waals surface area contributed by atoms with Crippen molar-refractivity contribution in [2.75, 3.05) is 51.0 Å². The van der Waals surface area contributed by atoms with E-state index in [0.717, 1.165) is 49.8 Å². The maximum absolute atomic E-state index is 14.1. The lowest BCUT2D eigenvalue weighted by atomic mass is 10.1. The molecule has 0 saturated carbocycles. The van der Waals surface area contributed by atoms with E-state index in [1.54, 1.807) is 6.07 Å². The van der Waals surface area contributed by atoms with Gasteiger partial charge in [-0.3, -0.25) is 4.99 Å². The molecule has 2 aromatic rings. The lowest BCUT2D eigenvalue weighted by Gasteiger charge is -2.37. The third-order valence-corrected chi connectivity index (χ3v) is 5.50. The van der Waals surface area contributed by atoms with Crippen LogP contribution in [-0.4, -0.2) is 56.9 Å². The van der Waals surface area contributed by atoms with Gasteiger partial charge in [-0.2, -0.15) is 0 Å². The maximum atomic E-state index is 14.1. The van der Waals surface area contributed by atoms with E-state index in [2.05, 4.69) is 15.1 Å². The van der Waals surface area contributed by atoms with Crippen molar-refractivity contribution in [3.63, 3.8) is 0 Å². The Morgan fingerprint density at radius 2 is 1.94 bits per heavy atom. The molecule has 0 atom stereocenters. The van der Waals surface area contributed by atoms with Crippen LogP contribution in [0.5, 0.6) is 5.75 Å². The highest BCUT2D eigenvalue weighted by atomic mass is 19.1. The highest BCUT2D eigenvalue weighted by Gasteiger charge is 2.22. The first-order chi connectivity index (χ1) is 15.2. The Bertz CT molecular complexity index is 930. The fourth-order valence-electron chi connectivity index (χ4n) is 4.02. The van der Waals surface area contributed by atoms with Crippen molar-refractivity contribution in [1.82, 2.24) is 10.2 Å². The van der Waals surface area contributed by atoms with Gasteiger partial charge in [0.1, 0.15) is 17.4 Å². The zero-order valence-corrected chi connectivity index (χ0v) is 17.7. The van der Waals surface area contributed by atoms with E-state index in [-0.39, 0.29) is 18.4 Å². The van der Waals surface area contributed by atoms with Crippen molar-refractivity contribution in [3.8, 4) is 5.75 Å². The summed E-state index contributed by atoms with van der Waals surface area (Å²) in [6.07, 6.45) is 0.574. The van der Waals surface area contributed by atoms with Crippen molar-refractivity contribution in [3.05, 3.63) is 59.2 Å². The average molecular weight is 430 g/mol.